The Balaban J connectivity index is 1.25. The topological polar surface area (TPSA) is 36.5 Å². The van der Waals surface area contributed by atoms with E-state index in [4.69, 9.17) is 17.0 Å². The number of benzene rings is 2. The lowest BCUT2D eigenvalue weighted by Gasteiger charge is -2.33. The molecular formula is C22H28FN3OS. The van der Waals surface area contributed by atoms with Crippen LogP contribution in [0.15, 0.2) is 54.6 Å². The van der Waals surface area contributed by atoms with Crippen LogP contribution < -0.4 is 15.4 Å². The number of halogens is 1. The van der Waals surface area contributed by atoms with E-state index >= 15 is 0 Å². The maximum absolute atomic E-state index is 12.9. The molecule has 0 amide bonds. The lowest BCUT2D eigenvalue weighted by atomic mass is 10.0. The molecule has 0 saturated carbocycles. The van der Waals surface area contributed by atoms with Crippen molar-refractivity contribution in [3.63, 3.8) is 0 Å². The van der Waals surface area contributed by atoms with Gasteiger partial charge in [0, 0.05) is 24.8 Å². The van der Waals surface area contributed by atoms with Gasteiger partial charge >= 0.3 is 0 Å². The van der Waals surface area contributed by atoms with E-state index in [1.54, 1.807) is 12.1 Å². The van der Waals surface area contributed by atoms with E-state index in [0.29, 0.717) is 17.8 Å². The summed E-state index contributed by atoms with van der Waals surface area (Å²) >= 11 is 5.42. The zero-order valence-electron chi connectivity index (χ0n) is 16.1. The van der Waals surface area contributed by atoms with Crippen LogP contribution in [0, 0.1) is 5.82 Å². The van der Waals surface area contributed by atoms with Crippen LogP contribution in [-0.4, -0.2) is 42.3 Å². The molecule has 2 aromatic carbocycles. The minimum Gasteiger partial charge on any atom is -0.494 e. The quantitative estimate of drug-likeness (QED) is 0.505. The number of rotatable bonds is 8. The molecule has 1 heterocycles. The van der Waals surface area contributed by atoms with Crippen molar-refractivity contribution in [2.75, 3.05) is 31.6 Å². The highest BCUT2D eigenvalue weighted by molar-refractivity contribution is 7.80. The first-order valence-corrected chi connectivity index (χ1v) is 10.3. The van der Waals surface area contributed by atoms with Crippen LogP contribution in [0.25, 0.3) is 0 Å². The lowest BCUT2D eigenvalue weighted by molar-refractivity contribution is 0.197. The van der Waals surface area contributed by atoms with Crippen molar-refractivity contribution >= 4 is 23.0 Å². The molecule has 1 aliphatic heterocycles. The van der Waals surface area contributed by atoms with Gasteiger partial charge in [0.15, 0.2) is 5.11 Å². The van der Waals surface area contributed by atoms with E-state index in [-0.39, 0.29) is 5.82 Å². The highest BCUT2D eigenvalue weighted by Crippen LogP contribution is 2.14. The Morgan fingerprint density at radius 3 is 2.46 bits per heavy atom. The van der Waals surface area contributed by atoms with Crippen LogP contribution in [0.5, 0.6) is 5.75 Å². The third-order valence-corrected chi connectivity index (χ3v) is 5.13. The van der Waals surface area contributed by atoms with Gasteiger partial charge in [-0.3, -0.25) is 0 Å². The molecule has 1 aliphatic rings. The average molecular weight is 402 g/mol. The van der Waals surface area contributed by atoms with Gasteiger partial charge in [-0.05, 0) is 80.8 Å². The summed E-state index contributed by atoms with van der Waals surface area (Å²) in [4.78, 5) is 2.50. The predicted molar refractivity (Wildman–Crippen MR) is 116 cm³/mol. The lowest BCUT2D eigenvalue weighted by Crippen LogP contribution is -2.46. The van der Waals surface area contributed by atoms with Crippen molar-refractivity contribution < 1.29 is 9.13 Å². The number of nitrogens with zero attached hydrogens (tertiary/aromatic N) is 1. The molecule has 1 saturated heterocycles. The Morgan fingerprint density at radius 1 is 1.04 bits per heavy atom. The third kappa shape index (κ3) is 7.09. The predicted octanol–water partition coefficient (Wildman–Crippen LogP) is 4.44. The first-order chi connectivity index (χ1) is 13.7. The van der Waals surface area contributed by atoms with Crippen molar-refractivity contribution in [3.05, 3.63) is 60.4 Å². The number of piperidine rings is 1. The molecule has 2 N–H and O–H groups in total. The van der Waals surface area contributed by atoms with Gasteiger partial charge in [0.1, 0.15) is 11.6 Å². The summed E-state index contributed by atoms with van der Waals surface area (Å²) in [6, 6.07) is 16.6. The van der Waals surface area contributed by atoms with Gasteiger partial charge in [-0.25, -0.2) is 4.39 Å². The first-order valence-electron chi connectivity index (χ1n) is 9.92. The van der Waals surface area contributed by atoms with Gasteiger partial charge in [0.2, 0.25) is 0 Å². The van der Waals surface area contributed by atoms with Crippen LogP contribution in [0.4, 0.5) is 10.1 Å². The van der Waals surface area contributed by atoms with Gasteiger partial charge in [-0.15, -0.1) is 0 Å². The molecule has 150 valence electrons. The average Bonchev–Trinajstić information content (AvgIpc) is 2.71. The van der Waals surface area contributed by atoms with E-state index in [1.807, 2.05) is 30.3 Å². The fourth-order valence-electron chi connectivity index (χ4n) is 3.33. The van der Waals surface area contributed by atoms with E-state index < -0.39 is 0 Å². The van der Waals surface area contributed by atoms with Crippen LogP contribution in [0.2, 0.25) is 0 Å². The van der Waals surface area contributed by atoms with Crippen LogP contribution >= 0.6 is 12.2 Å². The van der Waals surface area contributed by atoms with Gasteiger partial charge < -0.3 is 20.3 Å². The molecule has 0 bridgehead atoms. The third-order valence-electron chi connectivity index (χ3n) is 4.91. The van der Waals surface area contributed by atoms with Crippen LogP contribution in [-0.2, 0) is 0 Å². The second-order valence-electron chi connectivity index (χ2n) is 7.09. The van der Waals surface area contributed by atoms with Gasteiger partial charge in [-0.1, -0.05) is 18.2 Å². The normalized spacial score (nSPS) is 15.2. The molecule has 0 aromatic heterocycles. The van der Waals surface area contributed by atoms with E-state index in [2.05, 4.69) is 15.5 Å². The maximum Gasteiger partial charge on any atom is 0.170 e. The summed E-state index contributed by atoms with van der Waals surface area (Å²) in [6.07, 6.45) is 4.30. The van der Waals surface area contributed by atoms with Crippen molar-refractivity contribution in [1.82, 2.24) is 10.2 Å². The summed E-state index contributed by atoms with van der Waals surface area (Å²) in [5.74, 6) is 0.496. The number of anilines is 1. The van der Waals surface area contributed by atoms with Gasteiger partial charge in [0.25, 0.3) is 0 Å². The molecule has 0 atom stereocenters. The summed E-state index contributed by atoms with van der Waals surface area (Å²) < 4.78 is 18.5. The molecule has 1 fully saturated rings. The Hall–Kier alpha value is -2.18. The molecule has 0 spiro atoms. The Labute approximate surface area is 172 Å². The molecule has 2 aromatic rings. The van der Waals surface area contributed by atoms with Gasteiger partial charge in [-0.2, -0.15) is 0 Å². The molecule has 3 rings (SSSR count). The number of ether oxygens (including phenoxy) is 1. The first kappa shape index (κ1) is 20.6. The zero-order chi connectivity index (χ0) is 19.6. The number of thiocarbonyl (C=S) groups is 1. The summed E-state index contributed by atoms with van der Waals surface area (Å²) in [5, 5.41) is 7.37. The highest BCUT2D eigenvalue weighted by Gasteiger charge is 2.19. The number of para-hydroxylation sites is 1. The summed E-state index contributed by atoms with van der Waals surface area (Å²) in [5.41, 5.74) is 1.01. The molecule has 28 heavy (non-hydrogen) atoms. The molecule has 4 nitrogen and oxygen atoms in total. The fourth-order valence-corrected chi connectivity index (χ4v) is 3.62. The Bertz CT molecular complexity index is 718. The minimum atomic E-state index is -0.234. The Kier molecular flexibility index (Phi) is 8.06. The standard InChI is InChI=1S/C22H28FN3OS/c23-18-8-10-21(11-9-18)27-17-5-4-14-26-15-12-20(13-16-26)25-22(28)24-19-6-2-1-3-7-19/h1-3,6-11,20H,4-5,12-17H2,(H2,24,25,28). The van der Waals surface area contributed by atoms with Crippen molar-refractivity contribution in [3.8, 4) is 5.75 Å². The van der Waals surface area contributed by atoms with Gasteiger partial charge in [0.05, 0.1) is 6.61 Å². The summed E-state index contributed by atoms with van der Waals surface area (Å²) in [6.45, 7) is 3.93. The van der Waals surface area contributed by atoms with Crippen molar-refractivity contribution in [1.29, 1.82) is 0 Å². The molecule has 6 heteroatoms. The maximum atomic E-state index is 12.9. The number of likely N-dealkylation sites (tertiary alicyclic amines) is 1. The number of hydrogen-bond acceptors (Lipinski definition) is 3. The van der Waals surface area contributed by atoms with Crippen LogP contribution in [0.3, 0.4) is 0 Å². The summed E-state index contributed by atoms with van der Waals surface area (Å²) in [7, 11) is 0. The molecule has 0 radical (unpaired) electrons. The molecule has 0 aliphatic carbocycles. The molecular weight excluding hydrogens is 373 g/mol. The Morgan fingerprint density at radius 2 is 1.75 bits per heavy atom. The van der Waals surface area contributed by atoms with E-state index in [9.17, 15) is 4.39 Å². The van der Waals surface area contributed by atoms with E-state index in [1.165, 1.54) is 12.1 Å². The van der Waals surface area contributed by atoms with E-state index in [0.717, 1.165) is 56.8 Å². The highest BCUT2D eigenvalue weighted by atomic mass is 32.1. The fraction of sp³-hybridized carbons (Fsp3) is 0.409. The number of unbranched alkanes of at least 4 members (excludes halogenated alkanes) is 1. The largest absolute Gasteiger partial charge is 0.494 e. The van der Waals surface area contributed by atoms with Crippen molar-refractivity contribution in [2.24, 2.45) is 0 Å². The number of hydrogen-bond donors (Lipinski definition) is 2. The smallest absolute Gasteiger partial charge is 0.170 e. The zero-order valence-corrected chi connectivity index (χ0v) is 16.9. The van der Waals surface area contributed by atoms with Crippen LogP contribution in [0.1, 0.15) is 25.7 Å². The number of nitrogens with one attached hydrogen (secondary N) is 2. The second kappa shape index (κ2) is 11.0. The minimum absolute atomic E-state index is 0.234. The SMILES string of the molecule is Fc1ccc(OCCCCN2CCC(NC(=S)Nc3ccccc3)CC2)cc1. The molecule has 0 unspecified atom stereocenters. The van der Waals surface area contributed by atoms with Crippen molar-refractivity contribution in [2.45, 2.75) is 31.7 Å². The second-order valence-corrected chi connectivity index (χ2v) is 7.50. The monoisotopic (exact) mass is 401 g/mol.